The minimum absolute atomic E-state index is 0.00735. The molecule has 1 aromatic heterocycles. The first-order valence-electron chi connectivity index (χ1n) is 7.34. The number of pyridine rings is 1. The number of carbonyl (C=O) groups is 2. The van der Waals surface area contributed by atoms with Crippen molar-refractivity contribution in [3.63, 3.8) is 0 Å². The van der Waals surface area contributed by atoms with E-state index in [0.717, 1.165) is 24.5 Å². The van der Waals surface area contributed by atoms with Gasteiger partial charge in [0, 0.05) is 24.8 Å². The number of benzene rings is 1. The quantitative estimate of drug-likeness (QED) is 0.853. The second-order valence-corrected chi connectivity index (χ2v) is 7.70. The van der Waals surface area contributed by atoms with E-state index in [1.165, 1.54) is 6.07 Å². The molecular formula is C16H12F2N2O5S. The van der Waals surface area contributed by atoms with Gasteiger partial charge in [0.1, 0.15) is 0 Å². The highest BCUT2D eigenvalue weighted by molar-refractivity contribution is 7.90. The first-order valence-corrected chi connectivity index (χ1v) is 9.23. The van der Waals surface area contributed by atoms with Gasteiger partial charge in [0.15, 0.2) is 21.5 Å². The molecule has 0 unspecified atom stereocenters. The Morgan fingerprint density at radius 2 is 1.92 bits per heavy atom. The van der Waals surface area contributed by atoms with Crippen molar-refractivity contribution in [1.29, 1.82) is 0 Å². The van der Waals surface area contributed by atoms with Crippen molar-refractivity contribution < 1.29 is 31.9 Å². The number of hydrogen-bond acceptors (Lipinski definition) is 5. The Kier molecular flexibility index (Phi) is 4.23. The molecule has 0 atom stereocenters. The molecule has 10 heteroatoms. The van der Waals surface area contributed by atoms with E-state index >= 15 is 0 Å². The van der Waals surface area contributed by atoms with Gasteiger partial charge in [-0.1, -0.05) is 0 Å². The monoisotopic (exact) mass is 382 g/mol. The van der Waals surface area contributed by atoms with Crippen LogP contribution in [0.1, 0.15) is 16.1 Å². The molecule has 0 fully saturated rings. The van der Waals surface area contributed by atoms with Crippen LogP contribution < -0.4 is 0 Å². The molecule has 1 aliphatic rings. The predicted molar refractivity (Wildman–Crippen MR) is 85.5 cm³/mol. The summed E-state index contributed by atoms with van der Waals surface area (Å²) in [5, 5.41) is 9.08. The van der Waals surface area contributed by atoms with Gasteiger partial charge in [-0.15, -0.1) is 0 Å². The molecule has 2 heterocycles. The van der Waals surface area contributed by atoms with Crippen molar-refractivity contribution in [2.45, 2.75) is 11.3 Å². The van der Waals surface area contributed by atoms with Crippen molar-refractivity contribution >= 4 is 21.8 Å². The summed E-state index contributed by atoms with van der Waals surface area (Å²) in [4.78, 5) is 27.8. The lowest BCUT2D eigenvalue weighted by Gasteiger charge is -2.25. The highest BCUT2D eigenvalue weighted by Gasteiger charge is 2.35. The summed E-state index contributed by atoms with van der Waals surface area (Å²) >= 11 is 0. The number of imide groups is 1. The van der Waals surface area contributed by atoms with Crippen LogP contribution in [0.5, 0.6) is 0 Å². The maximum absolute atomic E-state index is 13.5. The summed E-state index contributed by atoms with van der Waals surface area (Å²) in [5.74, 6) is -3.18. The molecule has 1 aliphatic heterocycles. The Bertz CT molecular complexity index is 1050. The molecule has 0 radical (unpaired) electrons. The van der Waals surface area contributed by atoms with Gasteiger partial charge in [-0.25, -0.2) is 26.9 Å². The van der Waals surface area contributed by atoms with Gasteiger partial charge < -0.3 is 5.11 Å². The van der Waals surface area contributed by atoms with Gasteiger partial charge in [0.25, 0.3) is 5.91 Å². The smallest absolute Gasteiger partial charge is 0.414 e. The number of carboxylic acid groups (broad SMARTS) is 1. The van der Waals surface area contributed by atoms with E-state index in [-0.39, 0.29) is 35.5 Å². The van der Waals surface area contributed by atoms with Gasteiger partial charge in [-0.05, 0) is 24.3 Å². The van der Waals surface area contributed by atoms with Crippen molar-refractivity contribution in [1.82, 2.24) is 9.88 Å². The van der Waals surface area contributed by atoms with Crippen LogP contribution in [0.25, 0.3) is 11.3 Å². The highest BCUT2D eigenvalue weighted by Crippen LogP contribution is 2.30. The fourth-order valence-corrected chi connectivity index (χ4v) is 3.62. The van der Waals surface area contributed by atoms with Gasteiger partial charge in [0.2, 0.25) is 0 Å². The molecule has 136 valence electrons. The Morgan fingerprint density at radius 1 is 1.23 bits per heavy atom. The van der Waals surface area contributed by atoms with Crippen molar-refractivity contribution in [2.24, 2.45) is 0 Å². The number of amides is 2. The summed E-state index contributed by atoms with van der Waals surface area (Å²) < 4.78 is 50.9. The Hall–Kier alpha value is -2.88. The van der Waals surface area contributed by atoms with Crippen LogP contribution in [0.4, 0.5) is 13.6 Å². The zero-order valence-corrected chi connectivity index (χ0v) is 14.2. The normalized spacial score (nSPS) is 14.3. The molecule has 0 bridgehead atoms. The minimum Gasteiger partial charge on any atom is -0.465 e. The third-order valence-electron chi connectivity index (χ3n) is 3.94. The largest absolute Gasteiger partial charge is 0.465 e. The van der Waals surface area contributed by atoms with Crippen LogP contribution in [0.3, 0.4) is 0 Å². The fraction of sp³-hybridized carbons (Fsp3) is 0.188. The number of rotatable bonds is 2. The lowest BCUT2D eigenvalue weighted by atomic mass is 10.0. The molecule has 0 saturated carbocycles. The summed E-state index contributed by atoms with van der Waals surface area (Å²) in [6.07, 6.45) is -0.623. The summed E-state index contributed by atoms with van der Waals surface area (Å²) in [5.41, 5.74) is -0.0491. The Morgan fingerprint density at radius 3 is 2.50 bits per heavy atom. The van der Waals surface area contributed by atoms with E-state index in [2.05, 4.69) is 4.98 Å². The average Bonchev–Trinajstić information content (AvgIpc) is 2.55. The molecule has 0 saturated heterocycles. The van der Waals surface area contributed by atoms with E-state index in [0.29, 0.717) is 4.90 Å². The van der Waals surface area contributed by atoms with E-state index < -0.39 is 38.4 Å². The maximum Gasteiger partial charge on any atom is 0.414 e. The van der Waals surface area contributed by atoms with Crippen LogP contribution in [0.15, 0.2) is 29.2 Å². The number of sulfone groups is 1. The van der Waals surface area contributed by atoms with Crippen LogP contribution in [-0.4, -0.2) is 48.2 Å². The summed E-state index contributed by atoms with van der Waals surface area (Å²) in [6.45, 7) is -0.182. The van der Waals surface area contributed by atoms with Gasteiger partial charge in [0.05, 0.1) is 21.8 Å². The fourth-order valence-electron chi connectivity index (χ4n) is 2.71. The molecule has 1 N–H and O–H groups in total. The van der Waals surface area contributed by atoms with E-state index in [4.69, 9.17) is 5.11 Å². The third-order valence-corrected chi connectivity index (χ3v) is 5.06. The van der Waals surface area contributed by atoms with Crippen molar-refractivity contribution in [2.75, 3.05) is 12.8 Å². The van der Waals surface area contributed by atoms with Gasteiger partial charge in [-0.3, -0.25) is 9.78 Å². The molecule has 0 aliphatic carbocycles. The van der Waals surface area contributed by atoms with E-state index in [9.17, 15) is 26.8 Å². The zero-order chi connectivity index (χ0) is 19.2. The lowest BCUT2D eigenvalue weighted by Crippen LogP contribution is -2.42. The highest BCUT2D eigenvalue weighted by atomic mass is 32.2. The first-order chi connectivity index (χ1) is 12.1. The molecule has 26 heavy (non-hydrogen) atoms. The van der Waals surface area contributed by atoms with E-state index in [1.807, 2.05) is 0 Å². The van der Waals surface area contributed by atoms with Gasteiger partial charge in [-0.2, -0.15) is 0 Å². The third kappa shape index (κ3) is 3.03. The molecule has 3 rings (SSSR count). The molecule has 2 amide bonds. The van der Waals surface area contributed by atoms with Crippen molar-refractivity contribution in [3.8, 4) is 11.3 Å². The summed E-state index contributed by atoms with van der Waals surface area (Å²) in [7, 11) is -3.92. The molecular weight excluding hydrogens is 370 g/mol. The molecule has 0 spiro atoms. The second kappa shape index (κ2) is 6.13. The number of fused-ring (bicyclic) bond motifs is 1. The SMILES string of the molecule is CS(=O)(=O)c1cc(-c2ccc(F)c(F)c2)nc2c1C(=O)N(C(=O)O)CC2. The standard InChI is InChI=1S/C16H12F2N2O5S/c1-26(24,25)13-7-12(8-2-3-9(17)10(18)6-8)19-11-4-5-20(16(22)23)15(21)14(11)13/h2-3,6-7H,4-5H2,1H3,(H,22,23). The minimum atomic E-state index is -3.92. The Balaban J connectivity index is 2.25. The predicted octanol–water partition coefficient (Wildman–Crippen LogP) is 2.11. The number of carbonyl (C=O) groups excluding carboxylic acids is 1. The van der Waals surface area contributed by atoms with E-state index in [1.54, 1.807) is 0 Å². The van der Waals surface area contributed by atoms with Crippen LogP contribution in [-0.2, 0) is 16.3 Å². The lowest BCUT2D eigenvalue weighted by molar-refractivity contribution is 0.0721. The van der Waals surface area contributed by atoms with Gasteiger partial charge >= 0.3 is 6.09 Å². The first kappa shape index (κ1) is 17.9. The van der Waals surface area contributed by atoms with Crippen LogP contribution in [0.2, 0.25) is 0 Å². The molecule has 2 aromatic rings. The molecule has 1 aromatic carbocycles. The number of halogens is 2. The average molecular weight is 382 g/mol. The Labute approximate surface area is 146 Å². The summed E-state index contributed by atoms with van der Waals surface area (Å²) in [6, 6.07) is 4.03. The zero-order valence-electron chi connectivity index (χ0n) is 13.4. The number of hydrogen-bond donors (Lipinski definition) is 1. The van der Waals surface area contributed by atoms with Crippen LogP contribution in [0, 0.1) is 11.6 Å². The number of nitrogens with zero attached hydrogens (tertiary/aromatic N) is 2. The van der Waals surface area contributed by atoms with Crippen LogP contribution >= 0.6 is 0 Å². The second-order valence-electron chi connectivity index (χ2n) is 5.72. The van der Waals surface area contributed by atoms with Crippen molar-refractivity contribution in [3.05, 3.63) is 47.2 Å². The maximum atomic E-state index is 13.5. The molecule has 7 nitrogen and oxygen atoms in total. The number of aromatic nitrogens is 1. The topological polar surface area (TPSA) is 105 Å².